The fourth-order valence-electron chi connectivity index (χ4n) is 7.13. The maximum atomic E-state index is 13.1. The first kappa shape index (κ1) is 37.1. The molecule has 6 rings (SSSR count). The van der Waals surface area contributed by atoms with Crippen LogP contribution in [0.4, 0.5) is 0 Å². The largest absolute Gasteiger partial charge is 0.496 e. The van der Waals surface area contributed by atoms with Gasteiger partial charge in [-0.3, -0.25) is 38.3 Å². The zero-order valence-corrected chi connectivity index (χ0v) is 30.4. The van der Waals surface area contributed by atoms with Crippen molar-refractivity contribution >= 4 is 40.2 Å². The van der Waals surface area contributed by atoms with Gasteiger partial charge in [0.2, 0.25) is 5.91 Å². The Balaban J connectivity index is 0.935. The first-order valence-electron chi connectivity index (χ1n) is 17.7. The number of hydrogen-bond donors (Lipinski definition) is 1. The highest BCUT2D eigenvalue weighted by Crippen LogP contribution is 2.38. The molecule has 278 valence electrons. The zero-order valence-electron chi connectivity index (χ0n) is 30.4. The maximum absolute atomic E-state index is 13.1. The van der Waals surface area contributed by atoms with Crippen molar-refractivity contribution in [3.05, 3.63) is 75.3 Å². The lowest BCUT2D eigenvalue weighted by Crippen LogP contribution is -2.47. The summed E-state index contributed by atoms with van der Waals surface area (Å²) in [5, 5.41) is 7.90. The van der Waals surface area contributed by atoms with Crippen LogP contribution in [-0.2, 0) is 46.1 Å². The standard InChI is InChI=1S/C39H43N5O9/c1-42-22-30(29-21-41-43(2)36(29)39(42)50)24-18-33(51-3)27(34(19-24)52-4)8-5-9-35(47)40-14-16-53-15-6-7-23-10-12-26-28(17-23)38(49)44(37(26)48)31-13-11-25(45)20-32(31)46/h10,12,17-19,21-22,31H,5-9,11,13-16,20H2,1-4H3,(H,40,47). The molecule has 0 bridgehead atoms. The molecule has 53 heavy (non-hydrogen) atoms. The van der Waals surface area contributed by atoms with Crippen LogP contribution < -0.4 is 20.3 Å². The number of ketones is 2. The molecule has 3 heterocycles. The van der Waals surface area contributed by atoms with Crippen LogP contribution in [-0.4, -0.2) is 88.6 Å². The molecule has 1 unspecified atom stereocenters. The van der Waals surface area contributed by atoms with E-state index in [1.54, 1.807) is 63.6 Å². The molecule has 14 heteroatoms. The first-order chi connectivity index (χ1) is 25.5. The fourth-order valence-corrected chi connectivity index (χ4v) is 7.13. The van der Waals surface area contributed by atoms with Gasteiger partial charge < -0.3 is 24.1 Å². The van der Waals surface area contributed by atoms with E-state index >= 15 is 0 Å². The number of hydrogen-bond acceptors (Lipinski definition) is 10. The van der Waals surface area contributed by atoms with Crippen molar-refractivity contribution < 1.29 is 38.2 Å². The third-order valence-electron chi connectivity index (χ3n) is 9.88. The van der Waals surface area contributed by atoms with E-state index in [4.69, 9.17) is 14.2 Å². The van der Waals surface area contributed by atoms with Crippen LogP contribution >= 0.6 is 0 Å². The van der Waals surface area contributed by atoms with E-state index in [9.17, 15) is 28.8 Å². The van der Waals surface area contributed by atoms with E-state index in [1.807, 2.05) is 12.1 Å². The van der Waals surface area contributed by atoms with Crippen LogP contribution in [0.15, 0.2) is 47.5 Å². The number of aryl methyl sites for hydroxylation is 3. The van der Waals surface area contributed by atoms with Gasteiger partial charge in [-0.05, 0) is 67.5 Å². The van der Waals surface area contributed by atoms with Gasteiger partial charge in [-0.1, -0.05) is 6.07 Å². The van der Waals surface area contributed by atoms with E-state index in [1.165, 1.54) is 4.57 Å². The topological polar surface area (TPSA) is 168 Å². The number of ether oxygens (including phenoxy) is 3. The van der Waals surface area contributed by atoms with Gasteiger partial charge in [0.15, 0.2) is 5.78 Å². The molecule has 0 spiro atoms. The van der Waals surface area contributed by atoms with Crippen LogP contribution in [0.25, 0.3) is 22.0 Å². The lowest BCUT2D eigenvalue weighted by molar-refractivity contribution is -0.132. The molecule has 1 fully saturated rings. The molecule has 1 N–H and O–H groups in total. The summed E-state index contributed by atoms with van der Waals surface area (Å²) in [5.74, 6) is -0.394. The number of amides is 3. The summed E-state index contributed by atoms with van der Waals surface area (Å²) in [5.41, 5.74) is 4.26. The Kier molecular flexibility index (Phi) is 11.2. The van der Waals surface area contributed by atoms with E-state index in [0.29, 0.717) is 68.9 Å². The van der Waals surface area contributed by atoms with Crippen molar-refractivity contribution in [1.82, 2.24) is 24.6 Å². The second-order valence-corrected chi connectivity index (χ2v) is 13.4. The molecule has 2 aromatic carbocycles. The second-order valence-electron chi connectivity index (χ2n) is 13.4. The molecule has 4 aromatic rings. The Morgan fingerprint density at radius 3 is 2.36 bits per heavy atom. The third-order valence-corrected chi connectivity index (χ3v) is 9.88. The zero-order chi connectivity index (χ0) is 37.8. The van der Waals surface area contributed by atoms with Crippen LogP contribution in [0.3, 0.4) is 0 Å². The average molecular weight is 726 g/mol. The smallest absolute Gasteiger partial charge is 0.276 e. The number of methoxy groups -OCH3 is 2. The number of benzene rings is 2. The summed E-state index contributed by atoms with van der Waals surface area (Å²) >= 11 is 0. The molecule has 1 atom stereocenters. The van der Waals surface area contributed by atoms with Gasteiger partial charge in [0.1, 0.15) is 22.8 Å². The molecule has 1 aliphatic carbocycles. The van der Waals surface area contributed by atoms with Gasteiger partial charge >= 0.3 is 0 Å². The summed E-state index contributed by atoms with van der Waals surface area (Å²) in [6, 6.07) is 8.05. The molecule has 2 aliphatic rings. The number of pyridine rings is 1. The van der Waals surface area contributed by atoms with Gasteiger partial charge in [0.25, 0.3) is 17.4 Å². The molecule has 2 aromatic heterocycles. The van der Waals surface area contributed by atoms with Gasteiger partial charge in [0, 0.05) is 62.8 Å². The quantitative estimate of drug-likeness (QED) is 0.109. The van der Waals surface area contributed by atoms with Crippen LogP contribution in [0, 0.1) is 0 Å². The minimum atomic E-state index is -0.887. The normalized spacial score (nSPS) is 15.7. The highest BCUT2D eigenvalue weighted by molar-refractivity contribution is 6.23. The van der Waals surface area contributed by atoms with Crippen molar-refractivity contribution in [2.75, 3.05) is 34.0 Å². The molecule has 1 saturated carbocycles. The number of imide groups is 1. The highest BCUT2D eigenvalue weighted by Gasteiger charge is 2.44. The number of carbonyl (C=O) groups excluding carboxylic acids is 5. The monoisotopic (exact) mass is 725 g/mol. The average Bonchev–Trinajstić information content (AvgIpc) is 3.65. The Morgan fingerprint density at radius 1 is 0.906 bits per heavy atom. The number of rotatable bonds is 15. The summed E-state index contributed by atoms with van der Waals surface area (Å²) in [6.45, 7) is 1.14. The van der Waals surface area contributed by atoms with E-state index in [0.717, 1.165) is 32.5 Å². The van der Waals surface area contributed by atoms with Crippen LogP contribution in [0.5, 0.6) is 11.5 Å². The summed E-state index contributed by atoms with van der Waals surface area (Å²) in [7, 11) is 6.62. The van der Waals surface area contributed by atoms with Crippen molar-refractivity contribution in [2.24, 2.45) is 14.1 Å². The van der Waals surface area contributed by atoms with Crippen molar-refractivity contribution in [3.63, 3.8) is 0 Å². The van der Waals surface area contributed by atoms with Crippen molar-refractivity contribution in [1.29, 1.82) is 0 Å². The Morgan fingerprint density at radius 2 is 1.64 bits per heavy atom. The number of fused-ring (bicyclic) bond motifs is 2. The van der Waals surface area contributed by atoms with Crippen molar-refractivity contribution in [3.8, 4) is 22.6 Å². The maximum Gasteiger partial charge on any atom is 0.276 e. The Bertz CT molecular complexity index is 2140. The van der Waals surface area contributed by atoms with Gasteiger partial charge in [-0.15, -0.1) is 0 Å². The Hall–Kier alpha value is -5.63. The summed E-state index contributed by atoms with van der Waals surface area (Å²) < 4.78 is 20.3. The number of aromatic nitrogens is 3. The summed E-state index contributed by atoms with van der Waals surface area (Å²) in [6.07, 6.45) is 6.26. The van der Waals surface area contributed by atoms with Gasteiger partial charge in [0.05, 0.1) is 50.6 Å². The summed E-state index contributed by atoms with van der Waals surface area (Å²) in [4.78, 5) is 76.4. The number of carbonyl (C=O) groups is 5. The molecule has 0 radical (unpaired) electrons. The molecular weight excluding hydrogens is 682 g/mol. The third kappa shape index (κ3) is 7.63. The Labute approximate surface area is 306 Å². The highest BCUT2D eigenvalue weighted by atomic mass is 16.5. The van der Waals surface area contributed by atoms with Crippen molar-refractivity contribution in [2.45, 2.75) is 57.4 Å². The molecular formula is C39H43N5O9. The molecule has 1 aliphatic heterocycles. The first-order valence-corrected chi connectivity index (χ1v) is 17.7. The lowest BCUT2D eigenvalue weighted by atomic mass is 9.92. The predicted octanol–water partition coefficient (Wildman–Crippen LogP) is 3.33. The van der Waals surface area contributed by atoms with Gasteiger partial charge in [-0.2, -0.15) is 5.10 Å². The van der Waals surface area contributed by atoms with Crippen LogP contribution in [0.2, 0.25) is 0 Å². The SMILES string of the molecule is COc1cc(-c2cn(C)c(=O)c3c2cnn3C)cc(OC)c1CCCC(=O)NCCOCCCc1ccc2c(c1)C(=O)N(C1CCC(=O)CC1=O)C2=O. The minimum absolute atomic E-state index is 0.0970. The van der Waals surface area contributed by atoms with E-state index in [2.05, 4.69) is 10.4 Å². The van der Waals surface area contributed by atoms with E-state index in [-0.39, 0.29) is 53.4 Å². The molecule has 14 nitrogen and oxygen atoms in total. The second kappa shape index (κ2) is 15.9. The lowest BCUT2D eigenvalue weighted by Gasteiger charge is -2.27. The predicted molar refractivity (Wildman–Crippen MR) is 194 cm³/mol. The fraction of sp³-hybridized carbons (Fsp3) is 0.410. The van der Waals surface area contributed by atoms with Gasteiger partial charge in [-0.25, -0.2) is 0 Å². The number of nitrogens with zero attached hydrogens (tertiary/aromatic N) is 4. The minimum Gasteiger partial charge on any atom is -0.496 e. The van der Waals surface area contributed by atoms with Crippen LogP contribution in [0.1, 0.15) is 70.4 Å². The number of nitrogens with one attached hydrogen (secondary N) is 1. The van der Waals surface area contributed by atoms with E-state index < -0.39 is 17.9 Å². The molecule has 3 amide bonds. The molecule has 0 saturated heterocycles. The number of Topliss-reactive ketones (excluding diaryl/α,β-unsaturated/α-hetero) is 2.